The highest BCUT2D eigenvalue weighted by Gasteiger charge is 2.47. The van der Waals surface area contributed by atoms with E-state index in [0.717, 1.165) is 32.7 Å². The van der Waals surface area contributed by atoms with Crippen molar-refractivity contribution in [2.24, 2.45) is 0 Å². The summed E-state index contributed by atoms with van der Waals surface area (Å²) < 4.78 is 0. The fourth-order valence-electron chi connectivity index (χ4n) is 2.93. The highest BCUT2D eigenvalue weighted by atomic mass is 16.2. The van der Waals surface area contributed by atoms with Gasteiger partial charge in [0.2, 0.25) is 0 Å². The van der Waals surface area contributed by atoms with Crippen LogP contribution in [0.15, 0.2) is 0 Å². The first kappa shape index (κ1) is 11.7. The Morgan fingerprint density at radius 2 is 1.94 bits per heavy atom. The second-order valence-electron chi connectivity index (χ2n) is 5.43. The molecule has 2 saturated heterocycles. The number of likely N-dealkylation sites (tertiary alicyclic amines) is 1. The van der Waals surface area contributed by atoms with E-state index >= 15 is 0 Å². The number of carbonyl (C=O) groups is 1. The lowest BCUT2D eigenvalue weighted by atomic mass is 9.99. The third kappa shape index (κ3) is 1.78. The Hall–Kier alpha value is -0.810. The van der Waals surface area contributed by atoms with Crippen molar-refractivity contribution in [1.29, 1.82) is 0 Å². The zero-order valence-corrected chi connectivity index (χ0v) is 10.7. The molecule has 0 N–H and O–H groups in total. The topological polar surface area (TPSA) is 30.0 Å². The predicted molar refractivity (Wildman–Crippen MR) is 63.3 cm³/mol. The van der Waals surface area contributed by atoms with Crippen molar-refractivity contribution in [3.63, 3.8) is 0 Å². The molecule has 0 aromatic rings. The number of carbonyl (C=O) groups excluding carboxylic acids is 1. The third-order valence-electron chi connectivity index (χ3n) is 3.81. The van der Waals surface area contributed by atoms with Crippen molar-refractivity contribution in [3.8, 4) is 0 Å². The van der Waals surface area contributed by atoms with Crippen molar-refractivity contribution in [2.75, 3.05) is 54.5 Å². The van der Waals surface area contributed by atoms with E-state index in [9.17, 15) is 4.79 Å². The van der Waals surface area contributed by atoms with Crippen LogP contribution in [-0.4, -0.2) is 85.7 Å². The van der Waals surface area contributed by atoms with Crippen molar-refractivity contribution in [2.45, 2.75) is 12.0 Å². The summed E-state index contributed by atoms with van der Waals surface area (Å²) in [5.41, 5.74) is 0.195. The first-order valence-electron chi connectivity index (χ1n) is 5.81. The first-order chi connectivity index (χ1) is 7.44. The molecule has 2 heterocycles. The molecule has 0 aromatic carbocycles. The summed E-state index contributed by atoms with van der Waals surface area (Å²) in [6.45, 7) is 3.82. The minimum absolute atomic E-state index is 0.139. The summed E-state index contributed by atoms with van der Waals surface area (Å²) in [6, 6.07) is 0.139. The van der Waals surface area contributed by atoms with Crippen LogP contribution >= 0.6 is 0 Å². The molecule has 2 fully saturated rings. The molecule has 2 aliphatic heterocycles. The van der Waals surface area contributed by atoms with Gasteiger partial charge >= 0.3 is 6.03 Å². The number of hydrogen-bond donors (Lipinski definition) is 0. The summed E-state index contributed by atoms with van der Waals surface area (Å²) in [6.07, 6.45) is 1.09. The second kappa shape index (κ2) is 3.89. The Bertz CT molecular complexity index is 294. The molecule has 92 valence electrons. The van der Waals surface area contributed by atoms with E-state index in [0.29, 0.717) is 0 Å². The molecule has 0 saturated carbocycles. The number of nitrogens with zero attached hydrogens (tertiary/aromatic N) is 4. The van der Waals surface area contributed by atoms with Gasteiger partial charge in [0.25, 0.3) is 0 Å². The molecular weight excluding hydrogens is 204 g/mol. The molecule has 1 spiro atoms. The third-order valence-corrected chi connectivity index (χ3v) is 3.81. The molecule has 1 atom stereocenters. The van der Waals surface area contributed by atoms with E-state index < -0.39 is 0 Å². The standard InChI is InChI=1S/C11H22N4O/c1-12(2)10(16)15-6-5-11(8-15)7-13(3)9-14(11)4/h5-9H2,1-4H3. The molecule has 5 heteroatoms. The lowest BCUT2D eigenvalue weighted by molar-refractivity contribution is 0.160. The van der Waals surface area contributed by atoms with Crippen LogP contribution in [-0.2, 0) is 0 Å². The average Bonchev–Trinajstić information content (AvgIpc) is 2.72. The van der Waals surface area contributed by atoms with Crippen LogP contribution in [0.2, 0.25) is 0 Å². The maximum atomic E-state index is 11.9. The Balaban J connectivity index is 2.05. The van der Waals surface area contributed by atoms with Crippen LogP contribution in [0.3, 0.4) is 0 Å². The summed E-state index contributed by atoms with van der Waals surface area (Å²) >= 11 is 0. The number of hydrogen-bond acceptors (Lipinski definition) is 3. The number of likely N-dealkylation sites (N-methyl/N-ethyl adjacent to an activating group) is 2. The van der Waals surface area contributed by atoms with Crippen LogP contribution in [0, 0.1) is 0 Å². The maximum Gasteiger partial charge on any atom is 0.319 e. The molecule has 0 radical (unpaired) electrons. The smallest absolute Gasteiger partial charge is 0.319 e. The van der Waals surface area contributed by atoms with Crippen molar-refractivity contribution < 1.29 is 4.79 Å². The summed E-state index contributed by atoms with van der Waals surface area (Å²) in [4.78, 5) is 20.2. The van der Waals surface area contributed by atoms with Gasteiger partial charge in [0, 0.05) is 33.7 Å². The Labute approximate surface area is 97.6 Å². The van der Waals surface area contributed by atoms with Gasteiger partial charge in [-0.3, -0.25) is 9.80 Å². The highest BCUT2D eigenvalue weighted by molar-refractivity contribution is 5.74. The van der Waals surface area contributed by atoms with Gasteiger partial charge in [-0.25, -0.2) is 4.79 Å². The lowest BCUT2D eigenvalue weighted by Gasteiger charge is -2.31. The molecule has 0 bridgehead atoms. The normalized spacial score (nSPS) is 31.6. The average molecular weight is 226 g/mol. The summed E-state index contributed by atoms with van der Waals surface area (Å²) in [5.74, 6) is 0. The van der Waals surface area contributed by atoms with Gasteiger partial charge in [0.15, 0.2) is 0 Å². The van der Waals surface area contributed by atoms with Crippen LogP contribution in [0.5, 0.6) is 0 Å². The van der Waals surface area contributed by atoms with Crippen molar-refractivity contribution in [3.05, 3.63) is 0 Å². The van der Waals surface area contributed by atoms with Crippen LogP contribution in [0.1, 0.15) is 6.42 Å². The predicted octanol–water partition coefficient (Wildman–Crippen LogP) is -0.0528. The monoisotopic (exact) mass is 226 g/mol. The SMILES string of the molecule is CN1CN(C)C2(CCN(C(=O)N(C)C)C2)C1. The molecule has 0 aromatic heterocycles. The summed E-state index contributed by atoms with van der Waals surface area (Å²) in [5, 5.41) is 0. The fourth-order valence-corrected chi connectivity index (χ4v) is 2.93. The molecule has 5 nitrogen and oxygen atoms in total. The molecule has 1 unspecified atom stereocenters. The molecule has 0 aliphatic carbocycles. The van der Waals surface area contributed by atoms with Gasteiger partial charge in [-0.15, -0.1) is 0 Å². The number of rotatable bonds is 0. The minimum Gasteiger partial charge on any atom is -0.331 e. The second-order valence-corrected chi connectivity index (χ2v) is 5.43. The van der Waals surface area contributed by atoms with Crippen molar-refractivity contribution >= 4 is 6.03 Å². The fraction of sp³-hybridized carbons (Fsp3) is 0.909. The number of urea groups is 1. The van der Waals surface area contributed by atoms with Gasteiger partial charge in [0.05, 0.1) is 12.2 Å². The molecule has 2 amide bonds. The zero-order chi connectivity index (χ0) is 11.9. The van der Waals surface area contributed by atoms with Gasteiger partial charge < -0.3 is 9.80 Å². The lowest BCUT2D eigenvalue weighted by Crippen LogP contribution is -2.48. The minimum atomic E-state index is 0.139. The zero-order valence-electron chi connectivity index (χ0n) is 10.7. The molecule has 2 rings (SSSR count). The number of amides is 2. The van der Waals surface area contributed by atoms with E-state index in [1.54, 1.807) is 4.90 Å². The van der Waals surface area contributed by atoms with E-state index in [2.05, 4.69) is 23.9 Å². The maximum absolute atomic E-state index is 11.9. The van der Waals surface area contributed by atoms with E-state index in [1.165, 1.54) is 0 Å². The van der Waals surface area contributed by atoms with Crippen LogP contribution in [0.4, 0.5) is 4.79 Å². The quantitative estimate of drug-likeness (QED) is 0.580. The largest absolute Gasteiger partial charge is 0.331 e. The van der Waals surface area contributed by atoms with E-state index in [-0.39, 0.29) is 11.6 Å². The van der Waals surface area contributed by atoms with E-state index in [1.807, 2.05) is 19.0 Å². The molecular formula is C11H22N4O. The van der Waals surface area contributed by atoms with Gasteiger partial charge in [-0.1, -0.05) is 0 Å². The van der Waals surface area contributed by atoms with Gasteiger partial charge in [-0.2, -0.15) is 0 Å². The molecule has 16 heavy (non-hydrogen) atoms. The Morgan fingerprint density at radius 1 is 1.25 bits per heavy atom. The Kier molecular flexibility index (Phi) is 2.84. The van der Waals surface area contributed by atoms with Crippen molar-refractivity contribution in [1.82, 2.24) is 19.6 Å². The summed E-state index contributed by atoms with van der Waals surface area (Å²) in [7, 11) is 7.93. The highest BCUT2D eigenvalue weighted by Crippen LogP contribution is 2.32. The van der Waals surface area contributed by atoms with E-state index in [4.69, 9.17) is 0 Å². The first-order valence-corrected chi connectivity index (χ1v) is 5.81. The van der Waals surface area contributed by atoms with Gasteiger partial charge in [-0.05, 0) is 20.5 Å². The van der Waals surface area contributed by atoms with Gasteiger partial charge in [0.1, 0.15) is 0 Å². The molecule has 2 aliphatic rings. The van der Waals surface area contributed by atoms with Crippen LogP contribution in [0.25, 0.3) is 0 Å². The Morgan fingerprint density at radius 3 is 2.44 bits per heavy atom. The van der Waals surface area contributed by atoms with Crippen LogP contribution < -0.4 is 0 Å².